The van der Waals surface area contributed by atoms with Crippen molar-refractivity contribution in [3.05, 3.63) is 59.2 Å². The third-order valence-corrected chi connectivity index (χ3v) is 6.97. The topological polar surface area (TPSA) is 73.9 Å². The highest BCUT2D eigenvalue weighted by Gasteiger charge is 2.55. The molecule has 0 aromatic heterocycles. The number of rotatable bonds is 10. The number of benzene rings is 2. The summed E-state index contributed by atoms with van der Waals surface area (Å²) in [7, 11) is 3.45. The molecule has 178 valence electrons. The van der Waals surface area contributed by atoms with E-state index in [1.54, 1.807) is 46.1 Å². The lowest BCUT2D eigenvalue weighted by atomic mass is 9.77. The number of alkyl halides is 2. The standard InChI is InChI=1S/C26H34F2N4S/c1-6-9-18(21-10-8-11-22(30)24(21)32-5)15-25(33,26(27,28)17(3)7-2)20-12-13-23(31-4)19(14-20)16-29/h8-14,17,31-33H,6-7,15,30H2,1-5H3/b18-9-. The summed E-state index contributed by atoms with van der Waals surface area (Å²) in [6.45, 7) is 5.26. The van der Waals surface area contributed by atoms with Gasteiger partial charge in [-0.25, -0.2) is 8.78 Å². The number of halogens is 2. The number of anilines is 3. The molecular formula is C26H34F2N4S. The summed E-state index contributed by atoms with van der Waals surface area (Å²) in [6.07, 6.45) is 2.86. The Morgan fingerprint density at radius 2 is 1.91 bits per heavy atom. The van der Waals surface area contributed by atoms with Gasteiger partial charge in [-0.05, 0) is 48.6 Å². The SMILES string of the molecule is CC/C=C(/CC(S)(c1ccc(NC)c(C#N)c1)C(F)(F)C(C)CC)c1cccc(N)c1NC. The second-order valence-corrected chi connectivity index (χ2v) is 9.01. The van der Waals surface area contributed by atoms with Gasteiger partial charge in [-0.3, -0.25) is 0 Å². The monoisotopic (exact) mass is 472 g/mol. The second-order valence-electron chi connectivity index (χ2n) is 8.25. The number of nitrogen functional groups attached to an aromatic ring is 1. The van der Waals surface area contributed by atoms with Crippen LogP contribution in [-0.2, 0) is 4.75 Å². The molecule has 0 aliphatic carbocycles. The van der Waals surface area contributed by atoms with Gasteiger partial charge in [-0.15, -0.1) is 0 Å². The van der Waals surface area contributed by atoms with Crippen LogP contribution in [0.4, 0.5) is 25.8 Å². The fraction of sp³-hybridized carbons (Fsp3) is 0.423. The minimum atomic E-state index is -3.16. The molecule has 2 atom stereocenters. The molecule has 0 amide bonds. The fourth-order valence-electron chi connectivity index (χ4n) is 4.10. The van der Waals surface area contributed by atoms with Gasteiger partial charge in [0, 0.05) is 25.6 Å². The average molecular weight is 473 g/mol. The number of nitrogens with two attached hydrogens (primary N) is 1. The van der Waals surface area contributed by atoms with Gasteiger partial charge in [-0.1, -0.05) is 45.0 Å². The van der Waals surface area contributed by atoms with Crippen LogP contribution in [0.15, 0.2) is 42.5 Å². The van der Waals surface area contributed by atoms with Crippen molar-refractivity contribution in [2.75, 3.05) is 30.5 Å². The molecule has 2 aromatic rings. The molecule has 2 rings (SSSR count). The van der Waals surface area contributed by atoms with E-state index in [4.69, 9.17) is 18.4 Å². The summed E-state index contributed by atoms with van der Waals surface area (Å²) in [6, 6.07) is 12.4. The van der Waals surface area contributed by atoms with Crippen LogP contribution in [0.1, 0.15) is 56.7 Å². The van der Waals surface area contributed by atoms with E-state index >= 15 is 8.78 Å². The third-order valence-electron chi connectivity index (χ3n) is 6.26. The summed E-state index contributed by atoms with van der Waals surface area (Å²) in [5.41, 5.74) is 10.1. The smallest absolute Gasteiger partial charge is 0.269 e. The number of hydrogen-bond donors (Lipinski definition) is 4. The molecule has 4 N–H and O–H groups in total. The number of allylic oxidation sites excluding steroid dienone is 2. The van der Waals surface area contributed by atoms with Crippen molar-refractivity contribution in [2.24, 2.45) is 5.92 Å². The molecule has 4 nitrogen and oxygen atoms in total. The molecule has 33 heavy (non-hydrogen) atoms. The molecule has 0 fully saturated rings. The molecule has 0 spiro atoms. The summed E-state index contributed by atoms with van der Waals surface area (Å²) in [5, 5.41) is 15.6. The van der Waals surface area contributed by atoms with Gasteiger partial charge in [-0.2, -0.15) is 17.9 Å². The van der Waals surface area contributed by atoms with Gasteiger partial charge in [0.25, 0.3) is 5.92 Å². The van der Waals surface area contributed by atoms with Gasteiger partial charge in [0.15, 0.2) is 0 Å². The van der Waals surface area contributed by atoms with Gasteiger partial charge >= 0.3 is 0 Å². The molecular weight excluding hydrogens is 438 g/mol. The van der Waals surface area contributed by atoms with Crippen LogP contribution in [-0.4, -0.2) is 20.0 Å². The average Bonchev–Trinajstić information content (AvgIpc) is 2.82. The molecule has 0 radical (unpaired) electrons. The van der Waals surface area contributed by atoms with E-state index in [9.17, 15) is 5.26 Å². The Bertz CT molecular complexity index is 1050. The zero-order valence-corrected chi connectivity index (χ0v) is 20.9. The number of hydrogen-bond acceptors (Lipinski definition) is 5. The van der Waals surface area contributed by atoms with Crippen molar-refractivity contribution in [2.45, 2.75) is 50.7 Å². The van der Waals surface area contributed by atoms with Crippen molar-refractivity contribution in [1.82, 2.24) is 0 Å². The van der Waals surface area contributed by atoms with Gasteiger partial charge < -0.3 is 16.4 Å². The van der Waals surface area contributed by atoms with E-state index in [0.29, 0.717) is 41.0 Å². The van der Waals surface area contributed by atoms with Gasteiger partial charge in [0.2, 0.25) is 0 Å². The Hall–Kier alpha value is -2.72. The number of nitriles is 1. The number of thiol groups is 1. The normalized spacial score (nSPS) is 14.8. The highest BCUT2D eigenvalue weighted by atomic mass is 32.1. The first kappa shape index (κ1) is 26.5. The first-order chi connectivity index (χ1) is 15.6. The van der Waals surface area contributed by atoms with Crippen LogP contribution >= 0.6 is 12.6 Å². The predicted molar refractivity (Wildman–Crippen MR) is 139 cm³/mol. The fourth-order valence-corrected chi connectivity index (χ4v) is 4.63. The van der Waals surface area contributed by atoms with Crippen LogP contribution < -0.4 is 16.4 Å². The van der Waals surface area contributed by atoms with E-state index in [0.717, 1.165) is 11.1 Å². The predicted octanol–water partition coefficient (Wildman–Crippen LogP) is 6.91. The Labute approximate surface area is 201 Å². The molecule has 0 bridgehead atoms. The van der Waals surface area contributed by atoms with Crippen LogP contribution in [0.5, 0.6) is 0 Å². The maximum Gasteiger partial charge on any atom is 0.269 e. The first-order valence-electron chi connectivity index (χ1n) is 11.2. The number of para-hydroxylation sites is 1. The zero-order valence-electron chi connectivity index (χ0n) is 20.0. The van der Waals surface area contributed by atoms with E-state index < -0.39 is 16.6 Å². The lowest BCUT2D eigenvalue weighted by molar-refractivity contribution is -0.0884. The van der Waals surface area contributed by atoms with Crippen molar-refractivity contribution in [3.63, 3.8) is 0 Å². The van der Waals surface area contributed by atoms with Crippen molar-refractivity contribution >= 4 is 35.3 Å². The molecule has 0 saturated carbocycles. The minimum absolute atomic E-state index is 0.0385. The second kappa shape index (κ2) is 10.9. The van der Waals surface area contributed by atoms with Gasteiger partial charge in [0.05, 0.1) is 22.6 Å². The molecule has 0 heterocycles. The van der Waals surface area contributed by atoms with Gasteiger partial charge in [0.1, 0.15) is 10.8 Å². The molecule has 0 aliphatic rings. The van der Waals surface area contributed by atoms with E-state index in [1.165, 1.54) is 6.07 Å². The number of nitrogens with one attached hydrogen (secondary N) is 2. The lowest BCUT2D eigenvalue weighted by Gasteiger charge is -2.41. The molecule has 0 aliphatic heterocycles. The largest absolute Gasteiger partial charge is 0.397 e. The van der Waals surface area contributed by atoms with Crippen molar-refractivity contribution in [1.29, 1.82) is 5.26 Å². The van der Waals surface area contributed by atoms with Crippen LogP contribution in [0.3, 0.4) is 0 Å². The summed E-state index contributed by atoms with van der Waals surface area (Å²) >= 11 is 4.73. The molecule has 0 saturated heterocycles. The zero-order chi connectivity index (χ0) is 24.8. The maximum absolute atomic E-state index is 16.1. The Kier molecular flexibility index (Phi) is 8.79. The summed E-state index contributed by atoms with van der Waals surface area (Å²) < 4.78 is 30.4. The molecule has 2 aromatic carbocycles. The molecule has 2 unspecified atom stereocenters. The van der Waals surface area contributed by atoms with E-state index in [-0.39, 0.29) is 6.42 Å². The van der Waals surface area contributed by atoms with Crippen molar-refractivity contribution < 1.29 is 8.78 Å². The quantitative estimate of drug-likeness (QED) is 0.224. The van der Waals surface area contributed by atoms with E-state index in [1.807, 2.05) is 25.1 Å². The highest BCUT2D eigenvalue weighted by Crippen LogP contribution is 2.54. The lowest BCUT2D eigenvalue weighted by Crippen LogP contribution is -2.46. The Morgan fingerprint density at radius 1 is 1.21 bits per heavy atom. The molecule has 7 heteroatoms. The summed E-state index contributed by atoms with van der Waals surface area (Å²) in [4.78, 5) is 0. The van der Waals surface area contributed by atoms with Crippen LogP contribution in [0.2, 0.25) is 0 Å². The first-order valence-corrected chi connectivity index (χ1v) is 11.6. The summed E-state index contributed by atoms with van der Waals surface area (Å²) in [5.74, 6) is -4.08. The highest BCUT2D eigenvalue weighted by molar-refractivity contribution is 7.81. The maximum atomic E-state index is 16.1. The van der Waals surface area contributed by atoms with E-state index in [2.05, 4.69) is 16.7 Å². The van der Waals surface area contributed by atoms with Crippen LogP contribution in [0.25, 0.3) is 5.57 Å². The Balaban J connectivity index is 2.77. The van der Waals surface area contributed by atoms with Crippen molar-refractivity contribution in [3.8, 4) is 6.07 Å². The number of nitrogens with zero attached hydrogens (tertiary/aromatic N) is 1. The van der Waals surface area contributed by atoms with Crippen LogP contribution in [0, 0.1) is 17.2 Å². The minimum Gasteiger partial charge on any atom is -0.397 e. The Morgan fingerprint density at radius 3 is 2.45 bits per heavy atom. The third kappa shape index (κ3) is 5.11.